The van der Waals surface area contributed by atoms with Crippen LogP contribution in [0.1, 0.15) is 30.6 Å². The first kappa shape index (κ1) is 15.4. The fourth-order valence-electron chi connectivity index (χ4n) is 1.50. The average Bonchev–Trinajstić information content (AvgIpc) is 2.43. The minimum Gasteiger partial charge on any atom is -0.394 e. The summed E-state index contributed by atoms with van der Waals surface area (Å²) >= 11 is 0. The molecule has 0 saturated heterocycles. The van der Waals surface area contributed by atoms with Crippen LogP contribution in [0, 0.1) is 5.82 Å². The van der Waals surface area contributed by atoms with Crippen molar-refractivity contribution in [1.29, 1.82) is 0 Å². The molecule has 1 heterocycles. The molecule has 0 aliphatic rings. The second-order valence-electron chi connectivity index (χ2n) is 4.42. The Morgan fingerprint density at radius 3 is 2.89 bits per heavy atom. The lowest BCUT2D eigenvalue weighted by molar-refractivity contribution is 0.0682. The largest absolute Gasteiger partial charge is 0.394 e. The van der Waals surface area contributed by atoms with Gasteiger partial charge in [0.15, 0.2) is 0 Å². The summed E-state index contributed by atoms with van der Waals surface area (Å²) in [7, 11) is 1.57. The number of pyridine rings is 1. The Labute approximate surface area is 112 Å². The number of aliphatic hydroxyl groups excluding tert-OH is 1. The number of hydrogen-bond donors (Lipinski definition) is 2. The molecule has 0 aliphatic carbocycles. The molecule has 2 N–H and O–H groups in total. The van der Waals surface area contributed by atoms with Crippen molar-refractivity contribution in [2.24, 2.45) is 0 Å². The summed E-state index contributed by atoms with van der Waals surface area (Å²) in [5.74, 6) is -0.562. The van der Waals surface area contributed by atoms with Crippen LogP contribution < -0.4 is 5.32 Å². The number of anilines is 1. The van der Waals surface area contributed by atoms with Crippen LogP contribution in [0.15, 0.2) is 12.3 Å². The number of halogens is 1. The lowest BCUT2D eigenvalue weighted by Gasteiger charge is -2.24. The second-order valence-corrected chi connectivity index (χ2v) is 4.42. The Kier molecular flexibility index (Phi) is 5.69. The number of rotatable bonds is 6. The zero-order chi connectivity index (χ0) is 14.4. The first-order valence-electron chi connectivity index (χ1n) is 6.28. The van der Waals surface area contributed by atoms with Gasteiger partial charge in [-0.15, -0.1) is 0 Å². The van der Waals surface area contributed by atoms with Gasteiger partial charge >= 0.3 is 0 Å². The van der Waals surface area contributed by atoms with Crippen molar-refractivity contribution in [2.75, 3.05) is 25.5 Å². The third-order valence-electron chi connectivity index (χ3n) is 2.87. The quantitative estimate of drug-likeness (QED) is 0.821. The Bertz CT molecular complexity index is 440. The number of aliphatic hydroxyl groups is 1. The molecule has 0 spiro atoms. The molecule has 0 bridgehead atoms. The highest BCUT2D eigenvalue weighted by Gasteiger charge is 2.21. The van der Waals surface area contributed by atoms with Crippen molar-refractivity contribution in [3.8, 4) is 0 Å². The number of amides is 1. The van der Waals surface area contributed by atoms with E-state index in [9.17, 15) is 9.18 Å². The summed E-state index contributed by atoms with van der Waals surface area (Å²) in [6.45, 7) is 4.20. The van der Waals surface area contributed by atoms with E-state index in [1.807, 2.05) is 6.92 Å². The predicted molar refractivity (Wildman–Crippen MR) is 71.6 cm³/mol. The molecule has 19 heavy (non-hydrogen) atoms. The highest BCUT2D eigenvalue weighted by atomic mass is 19.1. The molecule has 0 aromatic carbocycles. The number of hydrogen-bond acceptors (Lipinski definition) is 4. The molecule has 0 radical (unpaired) electrons. The van der Waals surface area contributed by atoms with Gasteiger partial charge in [-0.3, -0.25) is 4.79 Å². The Hall–Kier alpha value is -1.69. The molecule has 1 amide bonds. The van der Waals surface area contributed by atoms with Gasteiger partial charge in [-0.25, -0.2) is 9.37 Å². The highest BCUT2D eigenvalue weighted by Crippen LogP contribution is 2.16. The first-order valence-corrected chi connectivity index (χ1v) is 6.28. The van der Waals surface area contributed by atoms with Gasteiger partial charge in [-0.1, -0.05) is 6.92 Å². The van der Waals surface area contributed by atoms with Gasteiger partial charge in [-0.2, -0.15) is 0 Å². The number of likely N-dealkylation sites (N-methyl/N-ethyl adjacent to an activating group) is 1. The fraction of sp³-hybridized carbons (Fsp3) is 0.538. The van der Waals surface area contributed by atoms with Gasteiger partial charge in [-0.05, 0) is 19.4 Å². The topological polar surface area (TPSA) is 65.5 Å². The number of carbonyl (C=O) groups excluding carboxylic acids is 1. The molecule has 1 aromatic rings. The summed E-state index contributed by atoms with van der Waals surface area (Å²) in [6.07, 6.45) is 1.94. The van der Waals surface area contributed by atoms with Gasteiger partial charge < -0.3 is 15.3 Å². The zero-order valence-electron chi connectivity index (χ0n) is 11.5. The standard InChI is InChI=1S/C13H20FN3O2/c1-4-5-15-12-11(6-10(14)7-16-12)13(19)17(3)9(2)8-18/h6-7,9,18H,4-5,8H2,1-3H3,(H,15,16). The van der Waals surface area contributed by atoms with Crippen LogP contribution in [0.3, 0.4) is 0 Å². The predicted octanol–water partition coefficient (Wildman–Crippen LogP) is 1.50. The summed E-state index contributed by atoms with van der Waals surface area (Å²) in [6, 6.07) is 0.822. The maximum atomic E-state index is 13.3. The van der Waals surface area contributed by atoms with E-state index in [0.29, 0.717) is 12.4 Å². The molecule has 1 rings (SSSR count). The van der Waals surface area contributed by atoms with Crippen molar-refractivity contribution in [1.82, 2.24) is 9.88 Å². The summed E-state index contributed by atoms with van der Waals surface area (Å²) < 4.78 is 13.3. The van der Waals surface area contributed by atoms with Crippen LogP contribution in [0.25, 0.3) is 0 Å². The van der Waals surface area contributed by atoms with Crippen LogP contribution in [0.2, 0.25) is 0 Å². The smallest absolute Gasteiger partial charge is 0.257 e. The molecule has 1 aromatic heterocycles. The number of nitrogens with zero attached hydrogens (tertiary/aromatic N) is 2. The van der Waals surface area contributed by atoms with Gasteiger partial charge in [0.1, 0.15) is 11.6 Å². The highest BCUT2D eigenvalue weighted by molar-refractivity contribution is 5.98. The molecule has 0 aliphatic heterocycles. The minimum atomic E-state index is -0.560. The normalized spacial score (nSPS) is 12.1. The maximum Gasteiger partial charge on any atom is 0.257 e. The minimum absolute atomic E-state index is 0.150. The van der Waals surface area contributed by atoms with Gasteiger partial charge in [0.25, 0.3) is 5.91 Å². The van der Waals surface area contributed by atoms with E-state index in [1.165, 1.54) is 4.90 Å². The Morgan fingerprint density at radius 2 is 2.32 bits per heavy atom. The summed E-state index contributed by atoms with van der Waals surface area (Å²) in [4.78, 5) is 17.5. The van der Waals surface area contributed by atoms with Crippen molar-refractivity contribution in [3.05, 3.63) is 23.6 Å². The van der Waals surface area contributed by atoms with E-state index in [-0.39, 0.29) is 24.1 Å². The molecule has 0 fully saturated rings. The maximum absolute atomic E-state index is 13.3. The lowest BCUT2D eigenvalue weighted by atomic mass is 10.2. The number of aromatic nitrogens is 1. The lowest BCUT2D eigenvalue weighted by Crippen LogP contribution is -2.37. The molecule has 0 saturated carbocycles. The van der Waals surface area contributed by atoms with E-state index < -0.39 is 5.82 Å². The van der Waals surface area contributed by atoms with Crippen molar-refractivity contribution in [2.45, 2.75) is 26.3 Å². The van der Waals surface area contributed by atoms with E-state index in [0.717, 1.165) is 18.7 Å². The fourth-order valence-corrected chi connectivity index (χ4v) is 1.50. The zero-order valence-corrected chi connectivity index (χ0v) is 11.5. The van der Waals surface area contributed by atoms with Gasteiger partial charge in [0.2, 0.25) is 0 Å². The summed E-state index contributed by atoms with van der Waals surface area (Å²) in [5.41, 5.74) is 0.177. The molecule has 106 valence electrons. The molecule has 6 heteroatoms. The molecular formula is C13H20FN3O2. The van der Waals surface area contributed by atoms with Crippen LogP contribution in [-0.2, 0) is 0 Å². The van der Waals surface area contributed by atoms with Gasteiger partial charge in [0, 0.05) is 13.6 Å². The monoisotopic (exact) mass is 269 g/mol. The molecular weight excluding hydrogens is 249 g/mol. The SMILES string of the molecule is CCCNc1ncc(F)cc1C(=O)N(C)C(C)CO. The van der Waals surface area contributed by atoms with Crippen LogP contribution >= 0.6 is 0 Å². The number of nitrogens with one attached hydrogen (secondary N) is 1. The third kappa shape index (κ3) is 3.89. The average molecular weight is 269 g/mol. The first-order chi connectivity index (χ1) is 9.01. The van der Waals surface area contributed by atoms with Crippen LogP contribution in [0.4, 0.5) is 10.2 Å². The van der Waals surface area contributed by atoms with Crippen molar-refractivity contribution in [3.63, 3.8) is 0 Å². The second kappa shape index (κ2) is 7.04. The van der Waals surface area contributed by atoms with E-state index >= 15 is 0 Å². The van der Waals surface area contributed by atoms with E-state index in [2.05, 4.69) is 10.3 Å². The van der Waals surface area contributed by atoms with E-state index in [4.69, 9.17) is 5.11 Å². The van der Waals surface area contributed by atoms with Gasteiger partial charge in [0.05, 0.1) is 24.4 Å². The Morgan fingerprint density at radius 1 is 1.63 bits per heavy atom. The number of carbonyl (C=O) groups is 1. The van der Waals surface area contributed by atoms with Crippen molar-refractivity contribution < 1.29 is 14.3 Å². The molecule has 5 nitrogen and oxygen atoms in total. The van der Waals surface area contributed by atoms with Crippen LogP contribution in [-0.4, -0.2) is 47.1 Å². The third-order valence-corrected chi connectivity index (χ3v) is 2.87. The molecule has 1 unspecified atom stereocenters. The van der Waals surface area contributed by atoms with Crippen LogP contribution in [0.5, 0.6) is 0 Å². The van der Waals surface area contributed by atoms with E-state index in [1.54, 1.807) is 14.0 Å². The van der Waals surface area contributed by atoms with Crippen molar-refractivity contribution >= 4 is 11.7 Å². The molecule has 1 atom stereocenters. The summed E-state index contributed by atoms with van der Waals surface area (Å²) in [5, 5.41) is 12.1. The Balaban J connectivity index is 3.02.